The van der Waals surface area contributed by atoms with Crippen LogP contribution in [0.5, 0.6) is 11.5 Å². The summed E-state index contributed by atoms with van der Waals surface area (Å²) in [5.74, 6) is 1.29. The van der Waals surface area contributed by atoms with Gasteiger partial charge in [0.15, 0.2) is 5.96 Å². The summed E-state index contributed by atoms with van der Waals surface area (Å²) in [4.78, 5) is 37.4. The van der Waals surface area contributed by atoms with Crippen LogP contribution in [0.3, 0.4) is 0 Å². The molecule has 1 aromatic carbocycles. The molecule has 5 aliphatic heterocycles. The third kappa shape index (κ3) is 5.44. The molecule has 7 rings (SSSR count). The first-order chi connectivity index (χ1) is 18.8. The average molecular weight is 534 g/mol. The zero-order valence-corrected chi connectivity index (χ0v) is 23.3. The Morgan fingerprint density at radius 3 is 2.69 bits per heavy atom. The fourth-order valence-corrected chi connectivity index (χ4v) is 6.02. The van der Waals surface area contributed by atoms with E-state index in [2.05, 4.69) is 22.4 Å². The lowest BCUT2D eigenvalue weighted by Gasteiger charge is -2.38. The SMILES string of the molecule is CC.CC1(C)CC2NC(=O)c3cc4c(cn3)OCC[C@H]4N3C(=O)CC(CCCCc4ccc(c2c4)O1)N=C3N. The van der Waals surface area contributed by atoms with E-state index in [-0.39, 0.29) is 41.6 Å². The van der Waals surface area contributed by atoms with Gasteiger partial charge < -0.3 is 20.5 Å². The fourth-order valence-electron chi connectivity index (χ4n) is 6.02. The normalized spacial score (nSPS) is 25.5. The lowest BCUT2D eigenvalue weighted by Crippen LogP contribution is -2.50. The molecule has 0 aliphatic carbocycles. The number of pyridine rings is 1. The quantitative estimate of drug-likeness (QED) is 0.511. The monoisotopic (exact) mass is 533 g/mol. The molecule has 0 fully saturated rings. The molecule has 9 heteroatoms. The Morgan fingerprint density at radius 1 is 1.08 bits per heavy atom. The third-order valence-corrected chi connectivity index (χ3v) is 7.78. The molecule has 9 nitrogen and oxygen atoms in total. The maximum atomic E-state index is 13.5. The van der Waals surface area contributed by atoms with Crippen LogP contribution in [0.4, 0.5) is 0 Å². The Balaban J connectivity index is 0.00000151. The highest BCUT2D eigenvalue weighted by Gasteiger charge is 2.38. The first kappa shape index (κ1) is 27.0. The molecule has 0 saturated carbocycles. The van der Waals surface area contributed by atoms with Gasteiger partial charge in [-0.2, -0.15) is 0 Å². The van der Waals surface area contributed by atoms with Crippen LogP contribution in [0.15, 0.2) is 35.5 Å². The summed E-state index contributed by atoms with van der Waals surface area (Å²) in [6.07, 6.45) is 6.75. The van der Waals surface area contributed by atoms with Gasteiger partial charge in [0.2, 0.25) is 5.91 Å². The van der Waals surface area contributed by atoms with Gasteiger partial charge in [-0.15, -0.1) is 0 Å². The number of aryl methyl sites for hydroxylation is 1. The van der Waals surface area contributed by atoms with Crippen molar-refractivity contribution in [2.45, 2.75) is 96.4 Å². The lowest BCUT2D eigenvalue weighted by atomic mass is 9.88. The van der Waals surface area contributed by atoms with Crippen LogP contribution in [-0.2, 0) is 11.2 Å². The van der Waals surface area contributed by atoms with Gasteiger partial charge in [-0.1, -0.05) is 32.4 Å². The van der Waals surface area contributed by atoms with E-state index in [0.717, 1.165) is 42.6 Å². The van der Waals surface area contributed by atoms with E-state index < -0.39 is 5.60 Å². The third-order valence-electron chi connectivity index (χ3n) is 7.78. The number of hydrogen-bond donors (Lipinski definition) is 2. The second-order valence-electron chi connectivity index (χ2n) is 11.1. The number of fused-ring (bicyclic) bond motifs is 5. The van der Waals surface area contributed by atoms with Gasteiger partial charge in [-0.3, -0.25) is 14.5 Å². The molecule has 208 valence electrons. The zero-order valence-electron chi connectivity index (χ0n) is 23.3. The Hall–Kier alpha value is -3.62. The van der Waals surface area contributed by atoms with Gasteiger partial charge in [0.1, 0.15) is 22.8 Å². The first-order valence-corrected chi connectivity index (χ1v) is 14.2. The molecule has 2 aromatic rings. The molecule has 3 atom stereocenters. The highest BCUT2D eigenvalue weighted by molar-refractivity contribution is 5.99. The Bertz CT molecular complexity index is 1290. The standard InChI is InChI=1S/C28H33N5O4.C2H6/c1-28(2)14-21-18-11-16(7-8-23(18)37-28)5-3-4-6-17-12-25(34)33(27(29)31-17)22-9-10-36-24-15-30-20(13-19(22)24)26(35)32-21;1-2/h7-8,11,13,15,17,21-22H,3-6,9-10,12,14H2,1-2H3,(H2,29,31)(H,32,35);1-2H3/t17?,21?,22-;/m1./s1. The number of nitrogens with one attached hydrogen (secondary N) is 1. The van der Waals surface area contributed by atoms with Crippen molar-refractivity contribution in [2.24, 2.45) is 10.7 Å². The average Bonchev–Trinajstić information content (AvgIpc) is 2.91. The minimum atomic E-state index is -0.421. The number of nitrogens with zero attached hydrogens (tertiary/aromatic N) is 3. The van der Waals surface area contributed by atoms with E-state index in [1.807, 2.05) is 33.8 Å². The maximum absolute atomic E-state index is 13.5. The molecule has 6 heterocycles. The van der Waals surface area contributed by atoms with Gasteiger partial charge in [-0.05, 0) is 50.8 Å². The number of nitrogens with two attached hydrogens (primary N) is 1. The predicted molar refractivity (Wildman–Crippen MR) is 149 cm³/mol. The second kappa shape index (κ2) is 10.9. The molecule has 5 aliphatic rings. The van der Waals surface area contributed by atoms with Crippen molar-refractivity contribution in [1.29, 1.82) is 0 Å². The van der Waals surface area contributed by atoms with Gasteiger partial charge in [-0.25, -0.2) is 9.98 Å². The minimum Gasteiger partial charge on any atom is -0.492 e. The van der Waals surface area contributed by atoms with Gasteiger partial charge in [0.05, 0.1) is 30.9 Å². The first-order valence-electron chi connectivity index (χ1n) is 14.2. The molecule has 39 heavy (non-hydrogen) atoms. The number of amides is 2. The van der Waals surface area contributed by atoms with Gasteiger partial charge in [0, 0.05) is 30.4 Å². The van der Waals surface area contributed by atoms with Crippen LogP contribution in [0.1, 0.15) is 105 Å². The highest BCUT2D eigenvalue weighted by Crippen LogP contribution is 2.41. The van der Waals surface area contributed by atoms with E-state index in [1.54, 1.807) is 17.2 Å². The summed E-state index contributed by atoms with van der Waals surface area (Å²) in [7, 11) is 0. The molecule has 2 amide bonds. The van der Waals surface area contributed by atoms with Crippen LogP contribution < -0.4 is 20.5 Å². The van der Waals surface area contributed by atoms with Crippen LogP contribution in [0.2, 0.25) is 0 Å². The zero-order chi connectivity index (χ0) is 27.7. The summed E-state index contributed by atoms with van der Waals surface area (Å²) in [6, 6.07) is 7.33. The van der Waals surface area contributed by atoms with Crippen LogP contribution in [0.25, 0.3) is 0 Å². The number of carbonyl (C=O) groups excluding carboxylic acids is 2. The van der Waals surface area contributed by atoms with Crippen molar-refractivity contribution in [1.82, 2.24) is 15.2 Å². The Labute approximate surface area is 230 Å². The van der Waals surface area contributed by atoms with E-state index in [0.29, 0.717) is 31.6 Å². The molecular weight excluding hydrogens is 494 g/mol. The minimum absolute atomic E-state index is 0.0380. The second-order valence-corrected chi connectivity index (χ2v) is 11.1. The van der Waals surface area contributed by atoms with Crippen molar-refractivity contribution in [2.75, 3.05) is 6.61 Å². The smallest absolute Gasteiger partial charge is 0.270 e. The number of hydrogen-bond acceptors (Lipinski definition) is 7. The molecule has 0 spiro atoms. The number of benzene rings is 1. The van der Waals surface area contributed by atoms with Gasteiger partial charge >= 0.3 is 0 Å². The summed E-state index contributed by atoms with van der Waals surface area (Å²) >= 11 is 0. The molecule has 0 radical (unpaired) electrons. The Morgan fingerprint density at radius 2 is 1.90 bits per heavy atom. The molecule has 2 unspecified atom stereocenters. The molecule has 1 aromatic heterocycles. The number of ether oxygens (including phenoxy) is 2. The van der Waals surface area contributed by atoms with Crippen LogP contribution >= 0.6 is 0 Å². The number of guanidine groups is 1. The fraction of sp³-hybridized carbons (Fsp3) is 0.533. The number of carbonyl (C=O) groups is 2. The highest BCUT2D eigenvalue weighted by atomic mass is 16.5. The van der Waals surface area contributed by atoms with E-state index in [4.69, 9.17) is 20.2 Å². The largest absolute Gasteiger partial charge is 0.492 e. The number of aromatic nitrogens is 1. The van der Waals surface area contributed by atoms with Crippen molar-refractivity contribution < 1.29 is 19.1 Å². The summed E-state index contributed by atoms with van der Waals surface area (Å²) < 4.78 is 12.1. The molecule has 6 bridgehead atoms. The summed E-state index contributed by atoms with van der Waals surface area (Å²) in [6.45, 7) is 8.50. The van der Waals surface area contributed by atoms with Crippen LogP contribution in [-0.4, -0.2) is 45.9 Å². The van der Waals surface area contributed by atoms with Gasteiger partial charge in [0.25, 0.3) is 5.91 Å². The van der Waals surface area contributed by atoms with E-state index in [9.17, 15) is 9.59 Å². The Kier molecular flexibility index (Phi) is 7.51. The van der Waals surface area contributed by atoms with E-state index in [1.165, 1.54) is 5.56 Å². The van der Waals surface area contributed by atoms with Crippen LogP contribution in [0, 0.1) is 0 Å². The summed E-state index contributed by atoms with van der Waals surface area (Å²) in [5, 5.41) is 3.21. The van der Waals surface area contributed by atoms with Crippen molar-refractivity contribution in [3.63, 3.8) is 0 Å². The number of rotatable bonds is 0. The maximum Gasteiger partial charge on any atom is 0.270 e. The number of aliphatic imine (C=N–C) groups is 1. The molecular formula is C30H39N5O4. The molecule has 0 saturated heterocycles. The van der Waals surface area contributed by atoms with E-state index >= 15 is 0 Å². The lowest BCUT2D eigenvalue weighted by molar-refractivity contribution is -0.130. The topological polar surface area (TPSA) is 119 Å². The van der Waals surface area contributed by atoms with Crippen molar-refractivity contribution in [3.05, 3.63) is 52.8 Å². The summed E-state index contributed by atoms with van der Waals surface area (Å²) in [5.41, 5.74) is 9.14. The van der Waals surface area contributed by atoms with Crippen molar-refractivity contribution in [3.8, 4) is 11.5 Å². The molecule has 3 N–H and O–H groups in total. The van der Waals surface area contributed by atoms with Crippen molar-refractivity contribution >= 4 is 17.8 Å². The predicted octanol–water partition coefficient (Wildman–Crippen LogP) is 4.61.